The molecule has 2 heterocycles. The summed E-state index contributed by atoms with van der Waals surface area (Å²) in [6.45, 7) is 2.11. The Morgan fingerprint density at radius 1 is 0.955 bits per heavy atom. The Labute approximate surface area is 127 Å². The van der Waals surface area contributed by atoms with Crippen molar-refractivity contribution < 1.29 is 0 Å². The first-order chi connectivity index (χ1) is 10.8. The largest absolute Gasteiger partial charge is 0.248 e. The summed E-state index contributed by atoms with van der Waals surface area (Å²) < 4.78 is 1.64. The summed E-state index contributed by atoms with van der Waals surface area (Å²) in [5.41, 5.74) is 5.13. The molecule has 5 nitrogen and oxygen atoms in total. The van der Waals surface area contributed by atoms with Crippen LogP contribution in [0.25, 0.3) is 27.8 Å². The first-order valence-electron chi connectivity index (χ1n) is 7.01. The van der Waals surface area contributed by atoms with Gasteiger partial charge in [0.1, 0.15) is 6.33 Å². The number of benzene rings is 2. The number of aryl methyl sites for hydroxylation is 1. The zero-order valence-electron chi connectivity index (χ0n) is 12.0. The number of pyridine rings is 1. The highest BCUT2D eigenvalue weighted by Crippen LogP contribution is 2.25. The number of para-hydroxylation sites is 1. The zero-order valence-corrected chi connectivity index (χ0v) is 12.0. The van der Waals surface area contributed by atoms with Gasteiger partial charge in [-0.1, -0.05) is 30.3 Å². The third kappa shape index (κ3) is 2.13. The van der Waals surface area contributed by atoms with Gasteiger partial charge in [-0.3, -0.25) is 0 Å². The van der Waals surface area contributed by atoms with Crippen LogP contribution in [0, 0.1) is 6.92 Å². The van der Waals surface area contributed by atoms with Gasteiger partial charge in [-0.15, -0.1) is 5.10 Å². The molecule has 0 amide bonds. The van der Waals surface area contributed by atoms with Crippen LogP contribution < -0.4 is 0 Å². The summed E-state index contributed by atoms with van der Waals surface area (Å²) in [5, 5.41) is 12.5. The number of fused-ring (bicyclic) bond motifs is 1. The van der Waals surface area contributed by atoms with Gasteiger partial charge in [-0.25, -0.2) is 9.67 Å². The lowest BCUT2D eigenvalue weighted by Gasteiger charge is -2.08. The second-order valence-electron chi connectivity index (χ2n) is 5.15. The highest BCUT2D eigenvalue weighted by Gasteiger charge is 2.06. The normalized spacial score (nSPS) is 11.0. The second kappa shape index (κ2) is 5.04. The molecule has 5 heteroatoms. The fourth-order valence-corrected chi connectivity index (χ4v) is 2.58. The lowest BCUT2D eigenvalue weighted by Crippen LogP contribution is -1.96. The van der Waals surface area contributed by atoms with Crippen molar-refractivity contribution in [2.24, 2.45) is 0 Å². The number of aromatic nitrogens is 5. The van der Waals surface area contributed by atoms with E-state index in [0.29, 0.717) is 0 Å². The maximum atomic E-state index is 4.77. The van der Waals surface area contributed by atoms with Gasteiger partial charge in [-0.2, -0.15) is 0 Å². The standard InChI is InChI=1S/C17H13N5/c1-12-9-17(19-16-8-3-2-7-15(12)16)13-5-4-6-14(10-13)22-11-18-20-21-22/h2-11H,1H3. The monoisotopic (exact) mass is 287 g/mol. The average molecular weight is 287 g/mol. The van der Waals surface area contributed by atoms with E-state index in [1.54, 1.807) is 11.0 Å². The van der Waals surface area contributed by atoms with Crippen LogP contribution >= 0.6 is 0 Å². The molecule has 0 saturated carbocycles. The van der Waals surface area contributed by atoms with E-state index < -0.39 is 0 Å². The summed E-state index contributed by atoms with van der Waals surface area (Å²) in [4.78, 5) is 4.77. The van der Waals surface area contributed by atoms with Gasteiger partial charge in [-0.05, 0) is 47.2 Å². The molecule has 22 heavy (non-hydrogen) atoms. The quantitative estimate of drug-likeness (QED) is 0.568. The molecule has 0 aliphatic heterocycles. The highest BCUT2D eigenvalue weighted by molar-refractivity contribution is 5.85. The Balaban J connectivity index is 1.87. The van der Waals surface area contributed by atoms with Gasteiger partial charge in [0.2, 0.25) is 0 Å². The van der Waals surface area contributed by atoms with Crippen molar-refractivity contribution in [2.75, 3.05) is 0 Å². The summed E-state index contributed by atoms with van der Waals surface area (Å²) in [5.74, 6) is 0. The van der Waals surface area contributed by atoms with Crippen LogP contribution in [0.1, 0.15) is 5.56 Å². The SMILES string of the molecule is Cc1cc(-c2cccc(-n3cnnn3)c2)nc2ccccc12. The van der Waals surface area contributed by atoms with Gasteiger partial charge in [0.25, 0.3) is 0 Å². The fourth-order valence-electron chi connectivity index (χ4n) is 2.58. The Bertz CT molecular complexity index is 944. The molecule has 0 aliphatic carbocycles. The van der Waals surface area contributed by atoms with Crippen molar-refractivity contribution in [3.05, 3.63) is 66.5 Å². The van der Waals surface area contributed by atoms with Gasteiger partial charge >= 0.3 is 0 Å². The van der Waals surface area contributed by atoms with E-state index in [2.05, 4.69) is 34.6 Å². The third-order valence-electron chi connectivity index (χ3n) is 3.68. The summed E-state index contributed by atoms with van der Waals surface area (Å²) in [7, 11) is 0. The van der Waals surface area contributed by atoms with Crippen LogP contribution in [0.3, 0.4) is 0 Å². The van der Waals surface area contributed by atoms with Crippen LogP contribution in [-0.2, 0) is 0 Å². The molecule has 2 aromatic heterocycles. The molecule has 0 fully saturated rings. The molecular formula is C17H13N5. The van der Waals surface area contributed by atoms with Crippen molar-refractivity contribution in [3.8, 4) is 16.9 Å². The number of hydrogen-bond acceptors (Lipinski definition) is 4. The minimum absolute atomic E-state index is 0.912. The van der Waals surface area contributed by atoms with E-state index in [4.69, 9.17) is 4.98 Å². The van der Waals surface area contributed by atoms with Crippen LogP contribution in [0.4, 0.5) is 0 Å². The first-order valence-corrected chi connectivity index (χ1v) is 7.01. The topological polar surface area (TPSA) is 56.5 Å². The summed E-state index contributed by atoms with van der Waals surface area (Å²) in [6, 6.07) is 18.3. The van der Waals surface area contributed by atoms with Crippen molar-refractivity contribution >= 4 is 10.9 Å². The van der Waals surface area contributed by atoms with Crippen LogP contribution in [-0.4, -0.2) is 25.2 Å². The fraction of sp³-hybridized carbons (Fsp3) is 0.0588. The van der Waals surface area contributed by atoms with Crippen molar-refractivity contribution in [1.29, 1.82) is 0 Å². The number of hydrogen-bond donors (Lipinski definition) is 0. The van der Waals surface area contributed by atoms with Crippen molar-refractivity contribution in [1.82, 2.24) is 25.2 Å². The molecule has 106 valence electrons. The molecule has 4 aromatic rings. The lowest BCUT2D eigenvalue weighted by atomic mass is 10.0. The minimum Gasteiger partial charge on any atom is -0.248 e. The molecule has 0 aliphatic rings. The molecule has 0 atom stereocenters. The zero-order chi connectivity index (χ0) is 14.9. The predicted molar refractivity (Wildman–Crippen MR) is 84.6 cm³/mol. The molecule has 0 saturated heterocycles. The van der Waals surface area contributed by atoms with Gasteiger partial charge < -0.3 is 0 Å². The highest BCUT2D eigenvalue weighted by atomic mass is 15.5. The number of rotatable bonds is 2. The number of tetrazole rings is 1. The molecule has 0 N–H and O–H groups in total. The van der Waals surface area contributed by atoms with Crippen molar-refractivity contribution in [2.45, 2.75) is 6.92 Å². The van der Waals surface area contributed by atoms with Crippen LogP contribution in [0.5, 0.6) is 0 Å². The second-order valence-corrected chi connectivity index (χ2v) is 5.15. The maximum Gasteiger partial charge on any atom is 0.143 e. The van der Waals surface area contributed by atoms with Crippen molar-refractivity contribution in [3.63, 3.8) is 0 Å². The Hall–Kier alpha value is -3.08. The van der Waals surface area contributed by atoms with E-state index in [1.807, 2.05) is 42.5 Å². The third-order valence-corrected chi connectivity index (χ3v) is 3.68. The minimum atomic E-state index is 0.912. The van der Waals surface area contributed by atoms with Gasteiger partial charge in [0, 0.05) is 10.9 Å². The lowest BCUT2D eigenvalue weighted by molar-refractivity contribution is 0.789. The molecule has 4 rings (SSSR count). The molecule has 0 radical (unpaired) electrons. The van der Waals surface area contributed by atoms with Crippen LogP contribution in [0.15, 0.2) is 60.9 Å². The Morgan fingerprint density at radius 2 is 1.86 bits per heavy atom. The summed E-state index contributed by atoms with van der Waals surface area (Å²) >= 11 is 0. The first kappa shape index (κ1) is 12.6. The molecule has 0 spiro atoms. The smallest absolute Gasteiger partial charge is 0.143 e. The van der Waals surface area contributed by atoms with Gasteiger partial charge in [0.15, 0.2) is 0 Å². The molecule has 2 aromatic carbocycles. The van der Waals surface area contributed by atoms with E-state index in [1.165, 1.54) is 10.9 Å². The van der Waals surface area contributed by atoms with E-state index >= 15 is 0 Å². The molecule has 0 bridgehead atoms. The van der Waals surface area contributed by atoms with Crippen LogP contribution in [0.2, 0.25) is 0 Å². The number of nitrogens with zero attached hydrogens (tertiary/aromatic N) is 5. The van der Waals surface area contributed by atoms with E-state index in [-0.39, 0.29) is 0 Å². The molecule has 0 unspecified atom stereocenters. The Kier molecular flexibility index (Phi) is 2.89. The maximum absolute atomic E-state index is 4.77. The Morgan fingerprint density at radius 3 is 2.73 bits per heavy atom. The average Bonchev–Trinajstić information content (AvgIpc) is 3.09. The van der Waals surface area contributed by atoms with E-state index in [9.17, 15) is 0 Å². The van der Waals surface area contributed by atoms with E-state index in [0.717, 1.165) is 22.5 Å². The summed E-state index contributed by atoms with van der Waals surface area (Å²) in [6.07, 6.45) is 1.58. The predicted octanol–water partition coefficient (Wildman–Crippen LogP) is 3.19. The van der Waals surface area contributed by atoms with Gasteiger partial charge in [0.05, 0.1) is 16.9 Å². The molecular weight excluding hydrogens is 274 g/mol.